The van der Waals surface area contributed by atoms with Gasteiger partial charge in [0.25, 0.3) is 0 Å². The molecule has 5 heteroatoms. The number of aryl methyl sites for hydroxylation is 1. The summed E-state index contributed by atoms with van der Waals surface area (Å²) in [5, 5.41) is 10.2. The molecule has 2 N–H and O–H groups in total. The molecule has 0 saturated carbocycles. The van der Waals surface area contributed by atoms with Crippen LogP contribution in [0.5, 0.6) is 0 Å². The predicted molar refractivity (Wildman–Crippen MR) is 87.4 cm³/mol. The number of nitrogens with zero attached hydrogens (tertiary/aromatic N) is 3. The fraction of sp³-hybridized carbons (Fsp3) is 0.733. The quantitative estimate of drug-likeness (QED) is 0.924. The second-order valence-electron chi connectivity index (χ2n) is 5.50. The van der Waals surface area contributed by atoms with Crippen molar-refractivity contribution in [1.29, 1.82) is 0 Å². The van der Waals surface area contributed by atoms with Crippen LogP contribution in [-0.4, -0.2) is 33.8 Å². The van der Waals surface area contributed by atoms with Crippen molar-refractivity contribution in [1.82, 2.24) is 10.2 Å². The fourth-order valence-electron chi connectivity index (χ4n) is 3.06. The van der Waals surface area contributed by atoms with E-state index in [0.29, 0.717) is 17.0 Å². The third-order valence-electron chi connectivity index (χ3n) is 3.86. The minimum atomic E-state index is 0.549. The molecule has 2 heterocycles. The van der Waals surface area contributed by atoms with Crippen molar-refractivity contribution in [3.05, 3.63) is 16.8 Å². The Morgan fingerprint density at radius 3 is 2.25 bits per heavy atom. The number of hydrogen-bond donors (Lipinski definition) is 1. The van der Waals surface area contributed by atoms with Gasteiger partial charge in [0.2, 0.25) is 0 Å². The van der Waals surface area contributed by atoms with Crippen LogP contribution in [0.4, 0.5) is 5.82 Å². The van der Waals surface area contributed by atoms with Crippen molar-refractivity contribution in [2.24, 2.45) is 5.73 Å². The van der Waals surface area contributed by atoms with E-state index in [2.05, 4.69) is 42.8 Å². The van der Waals surface area contributed by atoms with Gasteiger partial charge in [0.1, 0.15) is 0 Å². The van der Waals surface area contributed by atoms with E-state index in [0.717, 1.165) is 37.4 Å². The predicted octanol–water partition coefficient (Wildman–Crippen LogP) is 2.39. The zero-order valence-electron chi connectivity index (χ0n) is 13.0. The van der Waals surface area contributed by atoms with Crippen molar-refractivity contribution in [3.63, 3.8) is 0 Å². The van der Waals surface area contributed by atoms with E-state index < -0.39 is 0 Å². The lowest BCUT2D eigenvalue weighted by atomic mass is 10.0. The van der Waals surface area contributed by atoms with Crippen LogP contribution in [0, 0.1) is 0 Å². The van der Waals surface area contributed by atoms with Crippen LogP contribution in [0.2, 0.25) is 0 Å². The van der Waals surface area contributed by atoms with E-state index >= 15 is 0 Å². The molecule has 20 heavy (non-hydrogen) atoms. The molecule has 0 amide bonds. The molecule has 0 bridgehead atoms. The second kappa shape index (κ2) is 6.76. The number of thioether (sulfide) groups is 1. The first-order chi connectivity index (χ1) is 9.60. The van der Waals surface area contributed by atoms with E-state index in [4.69, 9.17) is 5.73 Å². The number of nitrogens with two attached hydrogens (primary N) is 1. The maximum absolute atomic E-state index is 6.03. The van der Waals surface area contributed by atoms with Crippen molar-refractivity contribution < 1.29 is 0 Å². The summed E-state index contributed by atoms with van der Waals surface area (Å²) in [6.07, 6.45) is 1.90. The number of rotatable bonds is 4. The molecule has 1 aliphatic rings. The minimum absolute atomic E-state index is 0.549. The lowest BCUT2D eigenvalue weighted by molar-refractivity contribution is 0.697. The zero-order chi connectivity index (χ0) is 14.7. The van der Waals surface area contributed by atoms with Gasteiger partial charge in [-0.1, -0.05) is 27.7 Å². The summed E-state index contributed by atoms with van der Waals surface area (Å²) in [6, 6.07) is 0. The molecule has 1 aliphatic heterocycles. The Kier molecular flexibility index (Phi) is 5.27. The highest BCUT2D eigenvalue weighted by Crippen LogP contribution is 2.30. The van der Waals surface area contributed by atoms with Crippen molar-refractivity contribution >= 4 is 17.6 Å². The second-order valence-corrected chi connectivity index (χ2v) is 7.38. The Morgan fingerprint density at radius 2 is 1.75 bits per heavy atom. The lowest BCUT2D eigenvalue weighted by Gasteiger charge is -2.36. The number of hydrogen-bond acceptors (Lipinski definition) is 5. The molecule has 1 saturated heterocycles. The van der Waals surface area contributed by atoms with Gasteiger partial charge in [-0.15, -0.1) is 5.10 Å². The van der Waals surface area contributed by atoms with Gasteiger partial charge in [0.15, 0.2) is 5.82 Å². The average Bonchev–Trinajstić information content (AvgIpc) is 2.44. The normalized spacial score (nSPS) is 23.1. The lowest BCUT2D eigenvalue weighted by Crippen LogP contribution is -2.41. The first-order valence-electron chi connectivity index (χ1n) is 7.58. The molecule has 2 unspecified atom stereocenters. The third-order valence-corrected chi connectivity index (χ3v) is 5.09. The van der Waals surface area contributed by atoms with Crippen LogP contribution < -0.4 is 10.6 Å². The zero-order valence-corrected chi connectivity index (χ0v) is 13.8. The van der Waals surface area contributed by atoms with Crippen molar-refractivity contribution in [2.75, 3.05) is 18.0 Å². The van der Waals surface area contributed by atoms with E-state index in [9.17, 15) is 0 Å². The van der Waals surface area contributed by atoms with Gasteiger partial charge in [-0.2, -0.15) is 16.9 Å². The van der Waals surface area contributed by atoms with E-state index in [1.807, 2.05) is 11.8 Å². The van der Waals surface area contributed by atoms with Gasteiger partial charge in [-0.25, -0.2) is 0 Å². The van der Waals surface area contributed by atoms with Crippen molar-refractivity contribution in [3.8, 4) is 0 Å². The van der Waals surface area contributed by atoms with Crippen LogP contribution in [0.3, 0.4) is 0 Å². The first-order valence-corrected chi connectivity index (χ1v) is 8.52. The van der Waals surface area contributed by atoms with Gasteiger partial charge in [-0.05, 0) is 18.4 Å². The Balaban J connectivity index is 2.40. The first kappa shape index (κ1) is 15.6. The molecule has 1 aromatic rings. The molecule has 0 aliphatic carbocycles. The Morgan fingerprint density at radius 1 is 1.10 bits per heavy atom. The summed E-state index contributed by atoms with van der Waals surface area (Å²) in [5.41, 5.74) is 9.63. The van der Waals surface area contributed by atoms with Crippen LogP contribution in [0.15, 0.2) is 0 Å². The largest absolute Gasteiger partial charge is 0.353 e. The summed E-state index contributed by atoms with van der Waals surface area (Å²) in [7, 11) is 0. The average molecular weight is 294 g/mol. The van der Waals surface area contributed by atoms with Crippen molar-refractivity contribution in [2.45, 2.75) is 57.6 Å². The third kappa shape index (κ3) is 3.09. The molecule has 4 nitrogen and oxygen atoms in total. The van der Waals surface area contributed by atoms with Gasteiger partial charge in [0, 0.05) is 35.7 Å². The van der Waals surface area contributed by atoms with E-state index in [-0.39, 0.29) is 0 Å². The topological polar surface area (TPSA) is 55.0 Å². The molecular weight excluding hydrogens is 268 g/mol. The highest BCUT2D eigenvalue weighted by Gasteiger charge is 2.26. The SMILES string of the molecule is CCc1nnc(N2CC(C)SC(C)C2)c(CN)c1CC. The van der Waals surface area contributed by atoms with Gasteiger partial charge in [0.05, 0.1) is 5.69 Å². The Labute approximate surface area is 126 Å². The minimum Gasteiger partial charge on any atom is -0.353 e. The Hall–Kier alpha value is -0.810. The van der Waals surface area contributed by atoms with Crippen LogP contribution >= 0.6 is 11.8 Å². The highest BCUT2D eigenvalue weighted by molar-refractivity contribution is 8.00. The molecular formula is C15H26N4S. The summed E-state index contributed by atoms with van der Waals surface area (Å²) in [4.78, 5) is 2.37. The van der Waals surface area contributed by atoms with E-state index in [1.54, 1.807) is 0 Å². The van der Waals surface area contributed by atoms with Crippen LogP contribution in [-0.2, 0) is 19.4 Å². The fourth-order valence-corrected chi connectivity index (χ4v) is 4.38. The van der Waals surface area contributed by atoms with Gasteiger partial charge >= 0.3 is 0 Å². The molecule has 112 valence electrons. The summed E-state index contributed by atoms with van der Waals surface area (Å²) < 4.78 is 0. The molecule has 0 radical (unpaired) electrons. The van der Waals surface area contributed by atoms with Crippen LogP contribution in [0.25, 0.3) is 0 Å². The molecule has 0 spiro atoms. The maximum atomic E-state index is 6.03. The summed E-state index contributed by atoms with van der Waals surface area (Å²) >= 11 is 2.05. The highest BCUT2D eigenvalue weighted by atomic mass is 32.2. The molecule has 2 atom stereocenters. The molecule has 1 aromatic heterocycles. The maximum Gasteiger partial charge on any atom is 0.156 e. The molecule has 0 aromatic carbocycles. The summed E-state index contributed by atoms with van der Waals surface area (Å²) in [6.45, 7) is 11.5. The smallest absolute Gasteiger partial charge is 0.156 e. The summed E-state index contributed by atoms with van der Waals surface area (Å²) in [5.74, 6) is 1.01. The van der Waals surface area contributed by atoms with E-state index in [1.165, 1.54) is 11.1 Å². The van der Waals surface area contributed by atoms with Gasteiger partial charge in [-0.3, -0.25) is 0 Å². The van der Waals surface area contributed by atoms with Gasteiger partial charge < -0.3 is 10.6 Å². The molecule has 2 rings (SSSR count). The number of aromatic nitrogens is 2. The Bertz CT molecular complexity index is 453. The molecule has 1 fully saturated rings. The monoisotopic (exact) mass is 294 g/mol. The number of anilines is 1. The van der Waals surface area contributed by atoms with Crippen LogP contribution in [0.1, 0.15) is 44.5 Å². The standard InChI is InChI=1S/C15H26N4S/c1-5-12-13(7-16)15(18-17-14(12)6-2)19-8-10(3)20-11(4)9-19/h10-11H,5-9,16H2,1-4H3.